The zero-order chi connectivity index (χ0) is 11.0. The standard InChI is InChI=1S/C8H11ClNO3P/c1-8(10,14(11,12)13)6-4-2-3-5-7(6)9/h2-5H,10H2,1H3,(H2,11,12,13)/t8-/m0/s1. The molecule has 4 nitrogen and oxygen atoms in total. The maximum absolute atomic E-state index is 11.1. The lowest BCUT2D eigenvalue weighted by molar-refractivity contribution is 0.333. The molecule has 4 N–H and O–H groups in total. The first-order chi connectivity index (χ1) is 6.27. The van der Waals surface area contributed by atoms with E-state index < -0.39 is 12.9 Å². The first-order valence-corrected chi connectivity index (χ1v) is 5.85. The minimum atomic E-state index is -4.42. The summed E-state index contributed by atoms with van der Waals surface area (Å²) in [6.45, 7) is 1.26. The van der Waals surface area contributed by atoms with Gasteiger partial charge in [0, 0.05) is 10.6 Å². The predicted molar refractivity (Wildman–Crippen MR) is 55.0 cm³/mol. The van der Waals surface area contributed by atoms with Crippen LogP contribution in [0.5, 0.6) is 0 Å². The molecule has 1 aromatic rings. The molecule has 0 unspecified atom stereocenters. The van der Waals surface area contributed by atoms with E-state index in [4.69, 9.17) is 27.1 Å². The molecule has 0 aliphatic carbocycles. The Labute approximate surface area is 86.9 Å². The van der Waals surface area contributed by atoms with Gasteiger partial charge < -0.3 is 15.5 Å². The van der Waals surface area contributed by atoms with E-state index in [1.165, 1.54) is 19.1 Å². The third-order valence-electron chi connectivity index (χ3n) is 2.02. The van der Waals surface area contributed by atoms with Gasteiger partial charge in [-0.05, 0) is 13.0 Å². The van der Waals surface area contributed by atoms with E-state index in [0.717, 1.165) is 0 Å². The summed E-state index contributed by atoms with van der Waals surface area (Å²) in [5.74, 6) is 0. The van der Waals surface area contributed by atoms with Gasteiger partial charge in [-0.25, -0.2) is 0 Å². The van der Waals surface area contributed by atoms with Gasteiger partial charge in [0.1, 0.15) is 5.28 Å². The number of benzene rings is 1. The average Bonchev–Trinajstić information content (AvgIpc) is 2.02. The van der Waals surface area contributed by atoms with Gasteiger partial charge in [-0.15, -0.1) is 0 Å². The Bertz CT molecular complexity index is 388. The molecule has 78 valence electrons. The third kappa shape index (κ3) is 2.00. The zero-order valence-electron chi connectivity index (χ0n) is 7.51. The molecule has 14 heavy (non-hydrogen) atoms. The Hall–Kier alpha value is -0.380. The molecule has 0 bridgehead atoms. The fourth-order valence-corrected chi connectivity index (χ4v) is 1.94. The highest BCUT2D eigenvalue weighted by molar-refractivity contribution is 7.53. The number of nitrogens with two attached hydrogens (primary N) is 1. The zero-order valence-corrected chi connectivity index (χ0v) is 9.16. The SMILES string of the molecule is C[C@@](N)(c1ccccc1Cl)P(=O)(O)O. The smallest absolute Gasteiger partial charge is 0.323 e. The Balaban J connectivity index is 3.31. The lowest BCUT2D eigenvalue weighted by atomic mass is 10.1. The highest BCUT2D eigenvalue weighted by atomic mass is 35.5. The predicted octanol–water partition coefficient (Wildman–Crippen LogP) is 1.65. The van der Waals surface area contributed by atoms with Gasteiger partial charge in [0.05, 0.1) is 0 Å². The van der Waals surface area contributed by atoms with Gasteiger partial charge in [-0.2, -0.15) is 0 Å². The molecule has 0 radical (unpaired) electrons. The van der Waals surface area contributed by atoms with Crippen molar-refractivity contribution in [2.75, 3.05) is 0 Å². The minimum absolute atomic E-state index is 0.245. The van der Waals surface area contributed by atoms with Crippen LogP contribution in [0.2, 0.25) is 5.02 Å². The van der Waals surface area contributed by atoms with Gasteiger partial charge in [0.15, 0.2) is 0 Å². The second kappa shape index (κ2) is 3.65. The molecule has 0 saturated carbocycles. The fraction of sp³-hybridized carbons (Fsp3) is 0.250. The molecular formula is C8H11ClNO3P. The summed E-state index contributed by atoms with van der Waals surface area (Å²) in [7, 11) is -4.42. The van der Waals surface area contributed by atoms with Crippen LogP contribution in [-0.4, -0.2) is 9.79 Å². The van der Waals surface area contributed by atoms with Gasteiger partial charge >= 0.3 is 7.60 Å². The van der Waals surface area contributed by atoms with E-state index in [2.05, 4.69) is 0 Å². The monoisotopic (exact) mass is 235 g/mol. The van der Waals surface area contributed by atoms with Crippen LogP contribution in [0, 0.1) is 0 Å². The van der Waals surface area contributed by atoms with Crippen LogP contribution in [0.15, 0.2) is 24.3 Å². The molecule has 1 atom stereocenters. The van der Waals surface area contributed by atoms with Crippen LogP contribution in [-0.2, 0) is 9.85 Å². The fourth-order valence-electron chi connectivity index (χ4n) is 1.03. The van der Waals surface area contributed by atoms with Crippen molar-refractivity contribution in [1.29, 1.82) is 0 Å². The van der Waals surface area contributed by atoms with Crippen LogP contribution in [0.3, 0.4) is 0 Å². The number of rotatable bonds is 2. The van der Waals surface area contributed by atoms with Crippen LogP contribution in [0.4, 0.5) is 0 Å². The molecule has 0 saturated heterocycles. The van der Waals surface area contributed by atoms with Crippen molar-refractivity contribution >= 4 is 19.2 Å². The van der Waals surface area contributed by atoms with Crippen LogP contribution < -0.4 is 5.73 Å². The third-order valence-corrected chi connectivity index (χ3v) is 3.80. The molecule has 0 spiro atoms. The summed E-state index contributed by atoms with van der Waals surface area (Å²) in [4.78, 5) is 18.1. The number of halogens is 1. The van der Waals surface area contributed by atoms with E-state index in [9.17, 15) is 4.57 Å². The Kier molecular flexibility index (Phi) is 3.04. The van der Waals surface area contributed by atoms with Crippen molar-refractivity contribution in [3.05, 3.63) is 34.9 Å². The molecular weight excluding hydrogens is 225 g/mol. The molecule has 0 fully saturated rings. The molecule has 1 aromatic carbocycles. The topological polar surface area (TPSA) is 83.6 Å². The summed E-state index contributed by atoms with van der Waals surface area (Å²) in [6, 6.07) is 6.34. The summed E-state index contributed by atoms with van der Waals surface area (Å²) >= 11 is 5.79. The van der Waals surface area contributed by atoms with E-state index in [-0.39, 0.29) is 10.6 Å². The van der Waals surface area contributed by atoms with Crippen molar-refractivity contribution in [2.24, 2.45) is 5.73 Å². The van der Waals surface area contributed by atoms with Gasteiger partial charge in [0.2, 0.25) is 0 Å². The first kappa shape index (κ1) is 11.7. The van der Waals surface area contributed by atoms with Gasteiger partial charge in [-0.1, -0.05) is 29.8 Å². The lowest BCUT2D eigenvalue weighted by Crippen LogP contribution is -2.33. The first-order valence-electron chi connectivity index (χ1n) is 3.86. The largest absolute Gasteiger partial charge is 0.349 e. The molecule has 0 heterocycles. The second-order valence-electron chi connectivity index (χ2n) is 3.17. The molecule has 0 aliphatic rings. The van der Waals surface area contributed by atoms with Crippen LogP contribution in [0.25, 0.3) is 0 Å². The Morgan fingerprint density at radius 2 is 1.93 bits per heavy atom. The van der Waals surface area contributed by atoms with Crippen LogP contribution in [0.1, 0.15) is 12.5 Å². The Morgan fingerprint density at radius 3 is 2.36 bits per heavy atom. The molecule has 0 aromatic heterocycles. The maximum atomic E-state index is 11.1. The summed E-state index contributed by atoms with van der Waals surface area (Å²) in [5.41, 5.74) is 5.81. The van der Waals surface area contributed by atoms with Crippen molar-refractivity contribution in [3.8, 4) is 0 Å². The van der Waals surface area contributed by atoms with Crippen molar-refractivity contribution in [3.63, 3.8) is 0 Å². The summed E-state index contributed by atoms with van der Waals surface area (Å²) in [5, 5.41) is -1.49. The van der Waals surface area contributed by atoms with Gasteiger partial charge in [-0.3, -0.25) is 4.57 Å². The molecule has 1 rings (SSSR count). The Morgan fingerprint density at radius 1 is 1.43 bits per heavy atom. The van der Waals surface area contributed by atoms with E-state index in [1.54, 1.807) is 12.1 Å². The summed E-state index contributed by atoms with van der Waals surface area (Å²) < 4.78 is 11.1. The van der Waals surface area contributed by atoms with Crippen LogP contribution >= 0.6 is 19.2 Å². The van der Waals surface area contributed by atoms with E-state index in [1.807, 2.05) is 0 Å². The minimum Gasteiger partial charge on any atom is -0.323 e. The summed E-state index contributed by atoms with van der Waals surface area (Å²) in [6.07, 6.45) is 0. The normalized spacial score (nSPS) is 16.4. The van der Waals surface area contributed by atoms with E-state index >= 15 is 0 Å². The highest BCUT2D eigenvalue weighted by Crippen LogP contribution is 2.54. The molecule has 6 heteroatoms. The quantitative estimate of drug-likeness (QED) is 0.681. The van der Waals surface area contributed by atoms with E-state index in [0.29, 0.717) is 0 Å². The maximum Gasteiger partial charge on any atom is 0.349 e. The number of hydrogen-bond acceptors (Lipinski definition) is 2. The average molecular weight is 236 g/mol. The molecule has 0 aliphatic heterocycles. The lowest BCUT2D eigenvalue weighted by Gasteiger charge is -2.26. The van der Waals surface area contributed by atoms with Crippen molar-refractivity contribution < 1.29 is 14.4 Å². The van der Waals surface area contributed by atoms with Crippen molar-refractivity contribution in [2.45, 2.75) is 12.2 Å². The van der Waals surface area contributed by atoms with Gasteiger partial charge in [0.25, 0.3) is 0 Å². The molecule has 0 amide bonds. The highest BCUT2D eigenvalue weighted by Gasteiger charge is 2.41. The number of hydrogen-bond donors (Lipinski definition) is 3. The van der Waals surface area contributed by atoms with Crippen molar-refractivity contribution in [1.82, 2.24) is 0 Å². The second-order valence-corrected chi connectivity index (χ2v) is 5.60.